The molecule has 2 saturated carbocycles. The van der Waals surface area contributed by atoms with Gasteiger partial charge in [-0.1, -0.05) is 53.7 Å². The molecule has 4 aliphatic rings. The van der Waals surface area contributed by atoms with Crippen LogP contribution < -0.4 is 0 Å². The third-order valence-corrected chi connectivity index (χ3v) is 8.30. The Bertz CT molecular complexity index is 591. The van der Waals surface area contributed by atoms with Gasteiger partial charge < -0.3 is 18.9 Å². The van der Waals surface area contributed by atoms with Crippen LogP contribution in [0.3, 0.4) is 0 Å². The van der Waals surface area contributed by atoms with Gasteiger partial charge in [-0.05, 0) is 66.6 Å². The van der Waals surface area contributed by atoms with E-state index in [1.54, 1.807) is 0 Å². The van der Waals surface area contributed by atoms with E-state index in [9.17, 15) is 0 Å². The van der Waals surface area contributed by atoms with Crippen LogP contribution in [0.15, 0.2) is 12.2 Å². The molecule has 2 saturated heterocycles. The molecule has 4 heteroatoms. The second kappa shape index (κ2) is 9.83. The minimum absolute atomic E-state index is 0.269. The fourth-order valence-corrected chi connectivity index (χ4v) is 6.19. The summed E-state index contributed by atoms with van der Waals surface area (Å²) in [4.78, 5) is 0. The molecule has 2 aliphatic heterocycles. The maximum absolute atomic E-state index is 6.37. The van der Waals surface area contributed by atoms with Crippen LogP contribution in [0.25, 0.3) is 0 Å². The maximum Gasteiger partial charge on any atom is 0.104 e. The fourth-order valence-electron chi connectivity index (χ4n) is 6.19. The van der Waals surface area contributed by atoms with Crippen LogP contribution in [-0.2, 0) is 18.9 Å². The number of hydrogen-bond donors (Lipinski definition) is 0. The minimum Gasteiger partial charge on any atom is -0.375 e. The summed E-state index contributed by atoms with van der Waals surface area (Å²) in [5.74, 6) is 3.85. The monoisotopic (exact) mass is 434 g/mol. The highest BCUT2D eigenvalue weighted by molar-refractivity contribution is 5.03. The Morgan fingerprint density at radius 3 is 1.90 bits per heavy atom. The summed E-state index contributed by atoms with van der Waals surface area (Å²) in [6, 6.07) is 0. The summed E-state index contributed by atoms with van der Waals surface area (Å²) >= 11 is 0. The van der Waals surface area contributed by atoms with Gasteiger partial charge in [0.2, 0.25) is 0 Å². The molecule has 0 aromatic rings. The van der Waals surface area contributed by atoms with Crippen molar-refractivity contribution < 1.29 is 18.9 Å². The Balaban J connectivity index is 1.32. The van der Waals surface area contributed by atoms with E-state index < -0.39 is 0 Å². The summed E-state index contributed by atoms with van der Waals surface area (Å²) in [6.45, 7) is 17.7. The molecule has 178 valence electrons. The normalized spacial score (nSPS) is 45.7. The summed E-state index contributed by atoms with van der Waals surface area (Å²) in [5.41, 5.74) is 0.269. The predicted octanol–water partition coefficient (Wildman–Crippen LogP) is 5.50. The van der Waals surface area contributed by atoms with E-state index in [2.05, 4.69) is 53.7 Å². The van der Waals surface area contributed by atoms with Crippen molar-refractivity contribution in [3.05, 3.63) is 12.2 Å². The van der Waals surface area contributed by atoms with Gasteiger partial charge in [-0.2, -0.15) is 0 Å². The zero-order chi connectivity index (χ0) is 22.2. The minimum atomic E-state index is 0.269. The third-order valence-electron chi connectivity index (χ3n) is 8.30. The molecule has 4 nitrogen and oxygen atoms in total. The lowest BCUT2D eigenvalue weighted by atomic mass is 9.64. The maximum atomic E-state index is 6.37. The Hall–Kier alpha value is -0.420. The van der Waals surface area contributed by atoms with Crippen molar-refractivity contribution in [1.29, 1.82) is 0 Å². The molecule has 2 heterocycles. The smallest absolute Gasteiger partial charge is 0.104 e. The number of hydrogen-bond acceptors (Lipinski definition) is 4. The highest BCUT2D eigenvalue weighted by Crippen LogP contribution is 2.45. The molecule has 4 rings (SSSR count). The topological polar surface area (TPSA) is 43.5 Å². The molecule has 2 aliphatic carbocycles. The molecular weight excluding hydrogens is 388 g/mol. The van der Waals surface area contributed by atoms with E-state index in [4.69, 9.17) is 18.9 Å². The third kappa shape index (κ3) is 6.56. The summed E-state index contributed by atoms with van der Waals surface area (Å²) in [5, 5.41) is 0. The van der Waals surface area contributed by atoms with Crippen molar-refractivity contribution in [3.63, 3.8) is 0 Å². The quantitative estimate of drug-likeness (QED) is 0.374. The van der Waals surface area contributed by atoms with Crippen molar-refractivity contribution in [2.24, 2.45) is 40.9 Å². The largest absolute Gasteiger partial charge is 0.375 e. The second-order valence-electron chi connectivity index (χ2n) is 12.2. The molecule has 0 N–H and O–H groups in total. The van der Waals surface area contributed by atoms with Gasteiger partial charge in [0.15, 0.2) is 0 Å². The highest BCUT2D eigenvalue weighted by Gasteiger charge is 2.42. The molecular formula is C27H46O4. The molecule has 0 radical (unpaired) electrons. The van der Waals surface area contributed by atoms with E-state index in [1.165, 1.54) is 25.7 Å². The number of rotatable bonds is 8. The van der Waals surface area contributed by atoms with Crippen LogP contribution in [0, 0.1) is 40.9 Å². The number of epoxide rings is 2. The van der Waals surface area contributed by atoms with Crippen LogP contribution in [0.5, 0.6) is 0 Å². The lowest BCUT2D eigenvalue weighted by Crippen LogP contribution is -2.42. The summed E-state index contributed by atoms with van der Waals surface area (Å²) in [7, 11) is 0. The average molecular weight is 435 g/mol. The van der Waals surface area contributed by atoms with Crippen LogP contribution in [-0.4, -0.2) is 50.8 Å². The number of ether oxygens (including phenoxy) is 4. The van der Waals surface area contributed by atoms with E-state index in [0.29, 0.717) is 59.9 Å². The first-order valence-electron chi connectivity index (χ1n) is 12.9. The van der Waals surface area contributed by atoms with Crippen molar-refractivity contribution in [1.82, 2.24) is 0 Å². The molecule has 8 atom stereocenters. The molecule has 0 aromatic carbocycles. The Morgan fingerprint density at radius 2 is 1.35 bits per heavy atom. The molecule has 31 heavy (non-hydrogen) atoms. The lowest BCUT2D eigenvalue weighted by Gasteiger charge is -2.45. The zero-order valence-electron chi connectivity index (χ0n) is 20.7. The van der Waals surface area contributed by atoms with Crippen LogP contribution in [0.4, 0.5) is 0 Å². The van der Waals surface area contributed by atoms with Crippen LogP contribution in [0.1, 0.15) is 67.2 Å². The van der Waals surface area contributed by atoms with Crippen molar-refractivity contribution in [2.45, 2.75) is 91.6 Å². The molecule has 4 fully saturated rings. The molecule has 0 amide bonds. The Labute approximate surface area is 190 Å². The Morgan fingerprint density at radius 1 is 0.774 bits per heavy atom. The second-order valence-corrected chi connectivity index (χ2v) is 12.2. The summed E-state index contributed by atoms with van der Waals surface area (Å²) in [6.07, 6.45) is 11.5. The van der Waals surface area contributed by atoms with E-state index in [-0.39, 0.29) is 5.41 Å². The van der Waals surface area contributed by atoms with Gasteiger partial charge in [-0.3, -0.25) is 0 Å². The van der Waals surface area contributed by atoms with E-state index >= 15 is 0 Å². The van der Waals surface area contributed by atoms with Gasteiger partial charge in [0.05, 0.1) is 38.6 Å². The average Bonchev–Trinajstić information content (AvgIpc) is 3.59. The van der Waals surface area contributed by atoms with Crippen molar-refractivity contribution in [2.75, 3.05) is 26.4 Å². The summed E-state index contributed by atoms with van der Waals surface area (Å²) < 4.78 is 23.3. The first-order valence-corrected chi connectivity index (χ1v) is 12.9. The van der Waals surface area contributed by atoms with Crippen LogP contribution in [0.2, 0.25) is 0 Å². The molecule has 0 aromatic heterocycles. The first-order chi connectivity index (χ1) is 14.7. The van der Waals surface area contributed by atoms with E-state index in [1.807, 2.05) is 0 Å². The SMILES string of the molecule is CC1CC(OCC2CO2)C(C(C)(C)C)CC1C=CC1CC(C)C(OCC2CO2)C(C)C1. The van der Waals surface area contributed by atoms with Gasteiger partial charge in [0.1, 0.15) is 12.2 Å². The standard InChI is InChI=1S/C27H46O4/c1-17-11-25(30-15-22-13-28-22)24(27(4,5)6)12-21(17)8-7-20-9-18(2)26(19(3)10-20)31-16-23-14-29-23/h7-8,17-26H,9-16H2,1-6H3. The van der Waals surface area contributed by atoms with Gasteiger partial charge in [0.25, 0.3) is 0 Å². The van der Waals surface area contributed by atoms with Crippen molar-refractivity contribution in [3.8, 4) is 0 Å². The zero-order valence-corrected chi connectivity index (χ0v) is 20.7. The molecule has 8 unspecified atom stereocenters. The van der Waals surface area contributed by atoms with Crippen molar-refractivity contribution >= 4 is 0 Å². The lowest BCUT2D eigenvalue weighted by molar-refractivity contribution is -0.0729. The van der Waals surface area contributed by atoms with Gasteiger partial charge in [-0.25, -0.2) is 0 Å². The Kier molecular flexibility index (Phi) is 7.52. The van der Waals surface area contributed by atoms with Gasteiger partial charge >= 0.3 is 0 Å². The molecule has 0 spiro atoms. The fraction of sp³-hybridized carbons (Fsp3) is 0.926. The highest BCUT2D eigenvalue weighted by atomic mass is 16.6. The predicted molar refractivity (Wildman–Crippen MR) is 124 cm³/mol. The number of allylic oxidation sites excluding steroid dienone is 2. The first kappa shape index (κ1) is 23.7. The van der Waals surface area contributed by atoms with Gasteiger partial charge in [-0.15, -0.1) is 0 Å². The molecule has 0 bridgehead atoms. The van der Waals surface area contributed by atoms with Gasteiger partial charge in [0, 0.05) is 0 Å². The van der Waals surface area contributed by atoms with Crippen LogP contribution >= 0.6 is 0 Å². The van der Waals surface area contributed by atoms with E-state index in [0.717, 1.165) is 26.4 Å².